The molecule has 0 radical (unpaired) electrons. The molecule has 7 aromatic carbocycles. The molecule has 0 spiro atoms. The number of nitrogens with two attached hydrogens (primary N) is 2. The predicted molar refractivity (Wildman–Crippen MR) is 286 cm³/mol. The summed E-state index contributed by atoms with van der Waals surface area (Å²) in [5.41, 5.74) is 21.1. The van der Waals surface area contributed by atoms with Crippen molar-refractivity contribution in [2.24, 2.45) is 0 Å². The summed E-state index contributed by atoms with van der Waals surface area (Å²) < 4.78 is 35.1. The number of hydrogen-bond donors (Lipinski definition) is 4. The summed E-state index contributed by atoms with van der Waals surface area (Å²) in [6, 6.07) is 34.8. The minimum absolute atomic E-state index is 0.00486. The molecule has 0 heterocycles. The van der Waals surface area contributed by atoms with Crippen LogP contribution in [0.15, 0.2) is 121 Å². The van der Waals surface area contributed by atoms with Crippen LogP contribution in [0.25, 0.3) is 10.8 Å². The number of carbonyl (C=O) groups excluding carboxylic acids is 2. The van der Waals surface area contributed by atoms with Crippen LogP contribution in [0.3, 0.4) is 0 Å². The summed E-state index contributed by atoms with van der Waals surface area (Å²) >= 11 is 25.1. The van der Waals surface area contributed by atoms with E-state index in [2.05, 4.69) is 15.4 Å². The van der Waals surface area contributed by atoms with Gasteiger partial charge in [0.25, 0.3) is 0 Å². The van der Waals surface area contributed by atoms with Gasteiger partial charge in [0.15, 0.2) is 0 Å². The van der Waals surface area contributed by atoms with Gasteiger partial charge in [-0.05, 0) is 132 Å². The molecule has 0 unspecified atom stereocenters. The van der Waals surface area contributed by atoms with E-state index < -0.39 is 12.6 Å². The Bertz CT molecular complexity index is 2890. The molecule has 366 valence electrons. The lowest BCUT2D eigenvalue weighted by Gasteiger charge is -2.27. The fourth-order valence-electron chi connectivity index (χ4n) is 8.18. The Labute approximate surface area is 427 Å². The number of ether oxygens (including phenoxy) is 2. The van der Waals surface area contributed by atoms with E-state index in [0.717, 1.165) is 55.6 Å². The van der Waals surface area contributed by atoms with Gasteiger partial charge in [-0.3, -0.25) is 9.80 Å². The maximum atomic E-state index is 14.0. The van der Waals surface area contributed by atoms with Crippen LogP contribution in [0.1, 0.15) is 61.1 Å². The molecule has 70 heavy (non-hydrogen) atoms. The van der Waals surface area contributed by atoms with Gasteiger partial charge in [0.05, 0.1) is 37.3 Å². The van der Waals surface area contributed by atoms with E-state index >= 15 is 0 Å². The highest BCUT2D eigenvalue weighted by molar-refractivity contribution is 6.33. The number of urea groups is 2. The van der Waals surface area contributed by atoms with Crippen LogP contribution in [0.5, 0.6) is 11.5 Å². The molecule has 0 fully saturated rings. The molecule has 6 N–H and O–H groups in total. The first-order valence-electron chi connectivity index (χ1n) is 22.6. The lowest BCUT2D eigenvalue weighted by Crippen LogP contribution is -2.35. The quantitative estimate of drug-likeness (QED) is 0.0756. The number of rotatable bonds is 15. The normalized spacial score (nSPS) is 10.9. The third-order valence-electron chi connectivity index (χ3n) is 11.7. The van der Waals surface area contributed by atoms with Gasteiger partial charge >= 0.3 is 18.7 Å². The van der Waals surface area contributed by atoms with Gasteiger partial charge in [0.2, 0.25) is 0 Å². The highest BCUT2D eigenvalue weighted by Gasteiger charge is 2.25. The average molecular weight is 1030 g/mol. The van der Waals surface area contributed by atoms with Crippen molar-refractivity contribution in [1.29, 1.82) is 0 Å². The fraction of sp³-hybridized carbons (Fsp3) is 0.222. The minimum Gasteiger partial charge on any atom is -0.496 e. The molecular weight excluding hydrogens is 976 g/mol. The van der Waals surface area contributed by atoms with Crippen LogP contribution >= 0.6 is 46.4 Å². The van der Waals surface area contributed by atoms with E-state index in [-0.39, 0.29) is 18.3 Å². The smallest absolute Gasteiger partial charge is 0.387 e. The van der Waals surface area contributed by atoms with Gasteiger partial charge in [0, 0.05) is 47.9 Å². The molecule has 10 nitrogen and oxygen atoms in total. The number of amides is 4. The number of carbonyl (C=O) groups is 2. The molecule has 0 aromatic heterocycles. The number of hydrogen-bond acceptors (Lipinski definition) is 6. The Kier molecular flexibility index (Phi) is 18.5. The average Bonchev–Trinajstić information content (AvgIpc) is 3.34. The molecular formula is C54H54Cl4F2N6O4. The van der Waals surface area contributed by atoms with E-state index in [1.54, 1.807) is 48.4 Å². The van der Waals surface area contributed by atoms with Crippen molar-refractivity contribution in [1.82, 2.24) is 0 Å². The number of nitrogens with one attached hydrogen (secondary N) is 2. The summed E-state index contributed by atoms with van der Waals surface area (Å²) in [5, 5.41) is 10.2. The first kappa shape index (κ1) is 52.9. The summed E-state index contributed by atoms with van der Waals surface area (Å²) in [6.07, 6.45) is 2.51. The first-order chi connectivity index (χ1) is 33.6. The fourth-order valence-corrected chi connectivity index (χ4v) is 9.13. The van der Waals surface area contributed by atoms with Crippen LogP contribution in [0.4, 0.5) is 52.5 Å². The molecule has 7 aromatic rings. The number of nitrogens with zero attached hydrogens (tertiary/aromatic N) is 2. The zero-order valence-corrected chi connectivity index (χ0v) is 42.3. The number of fused-ring (bicyclic) bond motifs is 1. The van der Waals surface area contributed by atoms with Crippen LogP contribution in [0.2, 0.25) is 20.1 Å². The van der Waals surface area contributed by atoms with Gasteiger partial charge in [-0.15, -0.1) is 0 Å². The van der Waals surface area contributed by atoms with E-state index in [1.807, 2.05) is 100 Å². The number of alkyl halides is 2. The summed E-state index contributed by atoms with van der Waals surface area (Å²) in [4.78, 5) is 30.8. The Morgan fingerprint density at radius 3 is 1.47 bits per heavy atom. The second kappa shape index (κ2) is 24.4. The molecule has 4 amide bonds. The maximum Gasteiger partial charge on any atom is 0.387 e. The molecule has 0 aliphatic carbocycles. The second-order valence-corrected chi connectivity index (χ2v) is 17.7. The second-order valence-electron chi connectivity index (χ2n) is 16.0. The molecule has 0 bridgehead atoms. The Morgan fingerprint density at radius 1 is 0.586 bits per heavy atom. The molecule has 0 atom stereocenters. The standard InChI is InChI=1S/C29H29Cl2N3O2.C25H25Cl2F2N3O2/c1-4-20-24(31)16-25(32)21(5-2)28(20)33-29(35)34(17-18-10-12-19(30)13-11-18)26-14-15-27(36-3)23-9-7-6-8-22(23)26;1-3-19-21(27)13-22(30)20(4-2)23(19)31-25(33)32(14-15-5-7-16(26)8-6-15)17-9-11-18(12-10-17)34-24(28)29/h6-16H,4-5,17,32H2,1-3H3,(H,33,35);5-13,24H,3-4,14,30H2,1-2H3,(H,31,33). The van der Waals surface area contributed by atoms with E-state index in [9.17, 15) is 18.4 Å². The number of nitrogen functional groups attached to an aromatic ring is 2. The Balaban J connectivity index is 0.000000230. The van der Waals surface area contributed by atoms with Gasteiger partial charge in [-0.25, -0.2) is 9.59 Å². The zero-order valence-electron chi connectivity index (χ0n) is 39.3. The van der Waals surface area contributed by atoms with Crippen LogP contribution in [0, 0.1) is 0 Å². The molecule has 16 heteroatoms. The van der Waals surface area contributed by atoms with E-state index in [1.165, 1.54) is 17.0 Å². The van der Waals surface area contributed by atoms with Gasteiger partial charge in [-0.1, -0.05) is 123 Å². The van der Waals surface area contributed by atoms with Gasteiger partial charge in [-0.2, -0.15) is 8.78 Å². The first-order valence-corrected chi connectivity index (χ1v) is 24.1. The Morgan fingerprint density at radius 2 is 1.03 bits per heavy atom. The molecule has 0 aliphatic rings. The lowest BCUT2D eigenvalue weighted by molar-refractivity contribution is -0.0498. The van der Waals surface area contributed by atoms with Crippen molar-refractivity contribution in [3.8, 4) is 11.5 Å². The van der Waals surface area contributed by atoms with Crippen LogP contribution in [-0.2, 0) is 38.8 Å². The monoisotopic (exact) mass is 1030 g/mol. The number of benzene rings is 7. The van der Waals surface area contributed by atoms with Crippen molar-refractivity contribution >= 4 is 103 Å². The van der Waals surface area contributed by atoms with Crippen molar-refractivity contribution in [2.75, 3.05) is 39.0 Å². The SMILES string of the molecule is CCc1c(N)cc(Cl)c(CC)c1NC(=O)N(Cc1ccc(Cl)cc1)c1ccc(OC(F)F)cc1.CCc1c(N)cc(Cl)c(CC)c1NC(=O)N(Cc1ccc(Cl)cc1)c1ccc(OC)c2ccccc12. The molecule has 7 rings (SSSR count). The number of anilines is 6. The number of methoxy groups -OCH3 is 1. The third kappa shape index (κ3) is 12.7. The highest BCUT2D eigenvalue weighted by atomic mass is 35.5. The van der Waals surface area contributed by atoms with Gasteiger partial charge in [0.1, 0.15) is 11.5 Å². The van der Waals surface area contributed by atoms with E-state index in [0.29, 0.717) is 80.8 Å². The summed E-state index contributed by atoms with van der Waals surface area (Å²) in [6.45, 7) is 5.51. The Hall–Kier alpha value is -6.44. The van der Waals surface area contributed by atoms with Crippen molar-refractivity contribution < 1.29 is 27.8 Å². The van der Waals surface area contributed by atoms with Crippen LogP contribution in [-0.4, -0.2) is 25.8 Å². The highest BCUT2D eigenvalue weighted by Crippen LogP contribution is 2.38. The molecule has 0 saturated carbocycles. The largest absolute Gasteiger partial charge is 0.496 e. The molecule has 0 saturated heterocycles. The number of halogens is 6. The van der Waals surface area contributed by atoms with Gasteiger partial charge < -0.3 is 31.6 Å². The predicted octanol–water partition coefficient (Wildman–Crippen LogP) is 15.6. The van der Waals surface area contributed by atoms with Crippen LogP contribution < -0.4 is 41.4 Å². The summed E-state index contributed by atoms with van der Waals surface area (Å²) in [7, 11) is 1.64. The summed E-state index contributed by atoms with van der Waals surface area (Å²) in [5.74, 6) is 0.736. The minimum atomic E-state index is -2.94. The lowest BCUT2D eigenvalue weighted by atomic mass is 10.0. The van der Waals surface area contributed by atoms with E-state index in [4.69, 9.17) is 62.6 Å². The third-order valence-corrected chi connectivity index (χ3v) is 12.8. The zero-order chi connectivity index (χ0) is 50.6. The van der Waals surface area contributed by atoms with Crippen molar-refractivity contribution in [3.05, 3.63) is 175 Å². The maximum absolute atomic E-state index is 14.0. The van der Waals surface area contributed by atoms with Crippen molar-refractivity contribution in [2.45, 2.75) is 73.1 Å². The topological polar surface area (TPSA) is 135 Å². The van der Waals surface area contributed by atoms with Crippen molar-refractivity contribution in [3.63, 3.8) is 0 Å². The molecule has 0 aliphatic heterocycles.